The normalized spacial score (nSPS) is 21.1. The number of aryl methyl sites for hydroxylation is 1. The van der Waals surface area contributed by atoms with Gasteiger partial charge in [0.15, 0.2) is 5.92 Å². The number of hydrogen-bond donors (Lipinski definition) is 1. The van der Waals surface area contributed by atoms with E-state index in [9.17, 15) is 9.59 Å². The smallest absolute Gasteiger partial charge is 0.321 e. The number of anilines is 1. The molecule has 2 heterocycles. The molecule has 1 fully saturated rings. The molecule has 1 N–H and O–H groups in total. The summed E-state index contributed by atoms with van der Waals surface area (Å²) in [5, 5.41) is 3.57. The average Bonchev–Trinajstić information content (AvgIpc) is 2.79. The monoisotopic (exact) mass is 454 g/mol. The largest absolute Gasteiger partial charge is 0.465 e. The second-order valence-corrected chi connectivity index (χ2v) is 8.42. The maximum absolute atomic E-state index is 13.0. The molecular weight excluding hydrogens is 428 g/mol. The number of halogens is 1. The second kappa shape index (κ2) is 9.61. The number of benzene rings is 2. The molecule has 2 aromatic rings. The predicted molar refractivity (Wildman–Crippen MR) is 125 cm³/mol. The van der Waals surface area contributed by atoms with Crippen LogP contribution in [0.15, 0.2) is 53.5 Å². The van der Waals surface area contributed by atoms with Gasteiger partial charge in [-0.05, 0) is 43.7 Å². The molecule has 0 spiro atoms. The van der Waals surface area contributed by atoms with Crippen LogP contribution in [0.3, 0.4) is 0 Å². The summed E-state index contributed by atoms with van der Waals surface area (Å²) in [7, 11) is 0. The number of amides is 1. The Morgan fingerprint density at radius 3 is 2.47 bits per heavy atom. The zero-order valence-electron chi connectivity index (χ0n) is 18.3. The second-order valence-electron chi connectivity index (χ2n) is 7.98. The van der Waals surface area contributed by atoms with Crippen LogP contribution in [0, 0.1) is 12.8 Å². The molecule has 7 nitrogen and oxygen atoms in total. The van der Waals surface area contributed by atoms with Gasteiger partial charge in [-0.1, -0.05) is 41.4 Å². The van der Waals surface area contributed by atoms with Crippen molar-refractivity contribution in [3.05, 3.63) is 64.7 Å². The lowest BCUT2D eigenvalue weighted by molar-refractivity contribution is -0.153. The maximum Gasteiger partial charge on any atom is 0.321 e. The Hall–Kier alpha value is -3.06. The Morgan fingerprint density at radius 1 is 1.12 bits per heavy atom. The quantitative estimate of drug-likeness (QED) is 0.567. The molecule has 1 saturated heterocycles. The van der Waals surface area contributed by atoms with Crippen molar-refractivity contribution >= 4 is 35.1 Å². The summed E-state index contributed by atoms with van der Waals surface area (Å²) in [6.45, 7) is 6.90. The third-order valence-electron chi connectivity index (χ3n) is 5.79. The van der Waals surface area contributed by atoms with Gasteiger partial charge in [-0.2, -0.15) is 0 Å². The number of aliphatic imine (C=N–C) groups is 1. The van der Waals surface area contributed by atoms with E-state index in [2.05, 4.69) is 15.1 Å². The molecule has 32 heavy (non-hydrogen) atoms. The van der Waals surface area contributed by atoms with E-state index >= 15 is 0 Å². The van der Waals surface area contributed by atoms with Gasteiger partial charge in [0, 0.05) is 36.9 Å². The van der Waals surface area contributed by atoms with Crippen molar-refractivity contribution in [2.75, 3.05) is 37.7 Å². The van der Waals surface area contributed by atoms with Gasteiger partial charge in [0.25, 0.3) is 0 Å². The van der Waals surface area contributed by atoms with Crippen molar-refractivity contribution < 1.29 is 14.3 Å². The van der Waals surface area contributed by atoms with Crippen LogP contribution in [0.5, 0.6) is 0 Å². The van der Waals surface area contributed by atoms with E-state index in [-0.39, 0.29) is 12.5 Å². The minimum Gasteiger partial charge on any atom is -0.465 e. The van der Waals surface area contributed by atoms with Gasteiger partial charge in [-0.3, -0.25) is 14.9 Å². The van der Waals surface area contributed by atoms with Crippen molar-refractivity contribution in [1.82, 2.24) is 10.2 Å². The highest BCUT2D eigenvalue weighted by atomic mass is 35.5. The van der Waals surface area contributed by atoms with E-state index in [1.807, 2.05) is 55.5 Å². The third kappa shape index (κ3) is 4.72. The fourth-order valence-corrected chi connectivity index (χ4v) is 4.27. The number of ether oxygens (including phenoxy) is 1. The highest BCUT2D eigenvalue weighted by Gasteiger charge is 2.42. The number of carbonyl (C=O) groups is 2. The van der Waals surface area contributed by atoms with E-state index in [0.717, 1.165) is 29.9 Å². The molecule has 8 heteroatoms. The summed E-state index contributed by atoms with van der Waals surface area (Å²) in [5.74, 6) is -1.42. The number of rotatable bonds is 4. The van der Waals surface area contributed by atoms with Gasteiger partial charge < -0.3 is 14.5 Å². The Morgan fingerprint density at radius 2 is 1.81 bits per heavy atom. The van der Waals surface area contributed by atoms with E-state index in [1.165, 1.54) is 0 Å². The summed E-state index contributed by atoms with van der Waals surface area (Å²) in [5.41, 5.74) is 2.99. The molecular formula is C24H27ClN4O3. The summed E-state index contributed by atoms with van der Waals surface area (Å²) in [4.78, 5) is 34.8. The summed E-state index contributed by atoms with van der Waals surface area (Å²) in [6, 6.07) is 14.9. The molecule has 0 radical (unpaired) electrons. The van der Waals surface area contributed by atoms with Gasteiger partial charge in [0.2, 0.25) is 11.9 Å². The predicted octanol–water partition coefficient (Wildman–Crippen LogP) is 3.18. The highest BCUT2D eigenvalue weighted by molar-refractivity contribution is 6.30. The molecule has 2 aliphatic rings. The molecule has 0 aliphatic carbocycles. The van der Waals surface area contributed by atoms with Crippen molar-refractivity contribution in [2.24, 2.45) is 10.9 Å². The van der Waals surface area contributed by atoms with Gasteiger partial charge >= 0.3 is 5.97 Å². The van der Waals surface area contributed by atoms with Crippen molar-refractivity contribution in [2.45, 2.75) is 19.9 Å². The minimum absolute atomic E-state index is 0.215. The van der Waals surface area contributed by atoms with Crippen LogP contribution in [0.1, 0.15) is 24.1 Å². The van der Waals surface area contributed by atoms with Crippen LogP contribution in [0.25, 0.3) is 0 Å². The van der Waals surface area contributed by atoms with E-state index in [1.54, 1.807) is 6.92 Å². The van der Waals surface area contributed by atoms with Gasteiger partial charge in [-0.25, -0.2) is 4.99 Å². The first-order chi connectivity index (χ1) is 15.5. The molecule has 2 atom stereocenters. The Kier molecular flexibility index (Phi) is 6.65. The fraction of sp³-hybridized carbons (Fsp3) is 0.375. The van der Waals surface area contributed by atoms with Crippen molar-refractivity contribution in [1.29, 1.82) is 0 Å². The van der Waals surface area contributed by atoms with Crippen LogP contribution in [-0.2, 0) is 14.3 Å². The molecule has 1 amide bonds. The summed E-state index contributed by atoms with van der Waals surface area (Å²) in [6.07, 6.45) is 0. The number of carbonyl (C=O) groups excluding carboxylic acids is 2. The van der Waals surface area contributed by atoms with E-state index in [4.69, 9.17) is 21.3 Å². The Bertz CT molecular complexity index is 1020. The summed E-state index contributed by atoms with van der Waals surface area (Å²) < 4.78 is 5.19. The molecule has 0 bridgehead atoms. The van der Waals surface area contributed by atoms with Gasteiger partial charge in [-0.15, -0.1) is 0 Å². The van der Waals surface area contributed by atoms with Crippen LogP contribution in [0.4, 0.5) is 5.69 Å². The minimum atomic E-state index is -1.00. The van der Waals surface area contributed by atoms with E-state index in [0.29, 0.717) is 24.1 Å². The number of esters is 1. The number of hydrogen-bond acceptors (Lipinski definition) is 6. The van der Waals surface area contributed by atoms with Gasteiger partial charge in [0.05, 0.1) is 6.61 Å². The van der Waals surface area contributed by atoms with Crippen LogP contribution >= 0.6 is 11.6 Å². The fourth-order valence-electron chi connectivity index (χ4n) is 4.15. The number of nitrogens with zero attached hydrogens (tertiary/aromatic N) is 3. The summed E-state index contributed by atoms with van der Waals surface area (Å²) >= 11 is 6.00. The lowest BCUT2D eigenvalue weighted by Crippen LogP contribution is -2.57. The first-order valence-corrected chi connectivity index (χ1v) is 11.2. The number of nitrogens with one attached hydrogen (secondary N) is 1. The van der Waals surface area contributed by atoms with Crippen LogP contribution in [-0.4, -0.2) is 55.5 Å². The van der Waals surface area contributed by atoms with Crippen LogP contribution < -0.4 is 10.2 Å². The van der Waals surface area contributed by atoms with Crippen molar-refractivity contribution in [3.63, 3.8) is 0 Å². The molecule has 0 aromatic heterocycles. The van der Waals surface area contributed by atoms with E-state index < -0.39 is 17.9 Å². The molecule has 0 saturated carbocycles. The zero-order chi connectivity index (χ0) is 22.7. The molecule has 4 rings (SSSR count). The van der Waals surface area contributed by atoms with Gasteiger partial charge in [0.1, 0.15) is 6.04 Å². The number of piperazine rings is 1. The number of guanidine groups is 1. The Balaban J connectivity index is 1.56. The first kappa shape index (κ1) is 22.1. The van der Waals surface area contributed by atoms with Crippen molar-refractivity contribution in [3.8, 4) is 0 Å². The molecule has 2 aromatic carbocycles. The standard InChI is InChI=1S/C24H27ClN4O3/c1-3-32-23(31)20-21(17-6-4-5-16(2)15-17)26-24(27-22(20)30)29-13-11-28(12-14-29)19-9-7-18(25)8-10-19/h4-10,15,20-21H,3,11-14H2,1-2H3,(H,26,27,30). The molecule has 2 unspecified atom stereocenters. The first-order valence-electron chi connectivity index (χ1n) is 10.8. The topological polar surface area (TPSA) is 74.2 Å². The third-order valence-corrected chi connectivity index (χ3v) is 6.04. The van der Waals surface area contributed by atoms with Crippen LogP contribution in [0.2, 0.25) is 5.02 Å². The average molecular weight is 455 g/mol. The zero-order valence-corrected chi connectivity index (χ0v) is 19.0. The maximum atomic E-state index is 13.0. The lowest BCUT2D eigenvalue weighted by atomic mass is 9.90. The molecule has 168 valence electrons. The highest BCUT2D eigenvalue weighted by Crippen LogP contribution is 2.31. The Labute approximate surface area is 193 Å². The lowest BCUT2D eigenvalue weighted by Gasteiger charge is -2.39. The SMILES string of the molecule is CCOC(=O)C1C(=O)NC(N2CCN(c3ccc(Cl)cc3)CC2)=NC1c1cccc(C)c1. The molecule has 2 aliphatic heterocycles.